The van der Waals surface area contributed by atoms with Crippen molar-refractivity contribution < 1.29 is 4.92 Å². The van der Waals surface area contributed by atoms with Crippen LogP contribution in [0.25, 0.3) is 0 Å². The number of non-ortho nitro benzene ring substituents is 1. The molecular formula is C13H10Cl2N2O2. The molecule has 98 valence electrons. The molecule has 19 heavy (non-hydrogen) atoms. The smallest absolute Gasteiger partial charge is 0.271 e. The normalized spacial score (nSPS) is 10.2. The number of hydrogen-bond acceptors (Lipinski definition) is 3. The summed E-state index contributed by atoms with van der Waals surface area (Å²) >= 11 is 12.1. The Labute approximate surface area is 120 Å². The monoisotopic (exact) mass is 296 g/mol. The van der Waals surface area contributed by atoms with Crippen molar-refractivity contribution in [1.82, 2.24) is 0 Å². The van der Waals surface area contributed by atoms with Crippen LogP contribution in [0.2, 0.25) is 10.0 Å². The second-order valence-corrected chi connectivity index (χ2v) is 4.68. The van der Waals surface area contributed by atoms with Gasteiger partial charge in [0.1, 0.15) is 0 Å². The first kappa shape index (κ1) is 13.6. The molecule has 0 aliphatic carbocycles. The molecule has 0 heterocycles. The molecule has 0 radical (unpaired) electrons. The predicted octanol–water partition coefficient (Wildman–Crippen LogP) is 4.51. The van der Waals surface area contributed by atoms with Crippen molar-refractivity contribution in [1.29, 1.82) is 0 Å². The molecule has 0 amide bonds. The van der Waals surface area contributed by atoms with Gasteiger partial charge in [0.2, 0.25) is 0 Å². The molecule has 4 nitrogen and oxygen atoms in total. The molecule has 0 unspecified atom stereocenters. The lowest BCUT2D eigenvalue weighted by Crippen LogP contribution is -2.01. The molecule has 0 saturated carbocycles. The van der Waals surface area contributed by atoms with Crippen LogP contribution >= 0.6 is 23.2 Å². The third kappa shape index (κ3) is 3.36. The molecule has 2 rings (SSSR count). The van der Waals surface area contributed by atoms with Crippen molar-refractivity contribution in [2.24, 2.45) is 0 Å². The Kier molecular flexibility index (Phi) is 4.24. The summed E-state index contributed by atoms with van der Waals surface area (Å²) in [5.41, 5.74) is 1.44. The number of rotatable bonds is 4. The Morgan fingerprint density at radius 3 is 2.37 bits per heavy atom. The molecule has 0 fully saturated rings. The Morgan fingerprint density at radius 2 is 1.74 bits per heavy atom. The number of nitro benzene ring substituents is 1. The fraction of sp³-hybridized carbons (Fsp3) is 0.0769. The lowest BCUT2D eigenvalue weighted by atomic mass is 10.2. The van der Waals surface area contributed by atoms with E-state index in [1.54, 1.807) is 30.3 Å². The summed E-state index contributed by atoms with van der Waals surface area (Å²) in [5.74, 6) is 0. The maximum atomic E-state index is 10.7. The van der Waals surface area contributed by atoms with E-state index in [1.807, 2.05) is 0 Å². The number of nitrogens with one attached hydrogen (secondary N) is 1. The van der Waals surface area contributed by atoms with E-state index in [9.17, 15) is 10.1 Å². The first-order valence-electron chi connectivity index (χ1n) is 5.49. The molecule has 0 atom stereocenters. The minimum Gasteiger partial charge on any atom is -0.381 e. The van der Waals surface area contributed by atoms with Gasteiger partial charge in [-0.15, -0.1) is 0 Å². The Hall–Kier alpha value is -1.78. The molecule has 0 aromatic heterocycles. The van der Waals surface area contributed by atoms with Gasteiger partial charge >= 0.3 is 0 Å². The van der Waals surface area contributed by atoms with Crippen molar-refractivity contribution >= 4 is 34.6 Å². The summed E-state index contributed by atoms with van der Waals surface area (Å²) in [4.78, 5) is 10.2. The quantitative estimate of drug-likeness (QED) is 0.667. The molecule has 6 heteroatoms. The average Bonchev–Trinajstić information content (AvgIpc) is 2.38. The van der Waals surface area contributed by atoms with Crippen LogP contribution in [0.3, 0.4) is 0 Å². The van der Waals surface area contributed by atoms with Crippen molar-refractivity contribution in [3.8, 4) is 0 Å². The van der Waals surface area contributed by atoms with Crippen molar-refractivity contribution in [3.05, 3.63) is 68.2 Å². The first-order valence-corrected chi connectivity index (χ1v) is 6.25. The van der Waals surface area contributed by atoms with E-state index >= 15 is 0 Å². The second-order valence-electron chi connectivity index (χ2n) is 3.86. The highest BCUT2D eigenvalue weighted by atomic mass is 35.5. The highest BCUT2D eigenvalue weighted by Gasteiger charge is 2.07. The van der Waals surface area contributed by atoms with Crippen molar-refractivity contribution in [2.75, 3.05) is 5.32 Å². The number of nitrogens with zero attached hydrogens (tertiary/aromatic N) is 1. The highest BCUT2D eigenvalue weighted by molar-refractivity contribution is 6.36. The number of anilines is 1. The van der Waals surface area contributed by atoms with E-state index in [-0.39, 0.29) is 5.69 Å². The minimum atomic E-state index is -0.437. The van der Waals surface area contributed by atoms with Gasteiger partial charge in [-0.05, 0) is 18.2 Å². The van der Waals surface area contributed by atoms with Gasteiger partial charge in [-0.25, -0.2) is 0 Å². The van der Waals surface area contributed by atoms with E-state index in [0.29, 0.717) is 22.3 Å². The third-order valence-corrected chi connectivity index (χ3v) is 3.30. The topological polar surface area (TPSA) is 55.2 Å². The zero-order chi connectivity index (χ0) is 13.8. The van der Waals surface area contributed by atoms with E-state index in [1.165, 1.54) is 12.1 Å². The van der Waals surface area contributed by atoms with E-state index in [4.69, 9.17) is 23.2 Å². The Balaban J connectivity index is 2.15. The van der Waals surface area contributed by atoms with Gasteiger partial charge in [0.05, 0.1) is 4.92 Å². The second kappa shape index (κ2) is 5.91. The predicted molar refractivity (Wildman–Crippen MR) is 76.9 cm³/mol. The highest BCUT2D eigenvalue weighted by Crippen LogP contribution is 2.25. The van der Waals surface area contributed by atoms with Crippen molar-refractivity contribution in [2.45, 2.75) is 6.54 Å². The Morgan fingerprint density at radius 1 is 1.11 bits per heavy atom. The summed E-state index contributed by atoms with van der Waals surface area (Å²) in [6.07, 6.45) is 0. The van der Waals surface area contributed by atoms with Crippen LogP contribution in [0, 0.1) is 10.1 Å². The number of halogens is 2. The maximum Gasteiger partial charge on any atom is 0.271 e. The van der Waals surface area contributed by atoms with Gasteiger partial charge in [-0.3, -0.25) is 10.1 Å². The van der Waals surface area contributed by atoms with Crippen LogP contribution in [0.1, 0.15) is 5.56 Å². The molecule has 0 spiro atoms. The standard InChI is InChI=1S/C13H10Cl2N2O2/c14-12-5-2-6-13(15)11(12)8-16-9-3-1-4-10(7-9)17(18)19/h1-7,16H,8H2. The third-order valence-electron chi connectivity index (χ3n) is 2.59. The molecule has 2 aromatic rings. The zero-order valence-corrected chi connectivity index (χ0v) is 11.3. The summed E-state index contributed by atoms with van der Waals surface area (Å²) in [7, 11) is 0. The largest absolute Gasteiger partial charge is 0.381 e. The number of hydrogen-bond donors (Lipinski definition) is 1. The van der Waals surface area contributed by atoms with Gasteiger partial charge in [-0.1, -0.05) is 35.3 Å². The van der Waals surface area contributed by atoms with Gasteiger partial charge in [0.15, 0.2) is 0 Å². The zero-order valence-electron chi connectivity index (χ0n) is 9.77. The molecule has 1 N–H and O–H groups in total. The van der Waals surface area contributed by atoms with Crippen LogP contribution < -0.4 is 5.32 Å². The van der Waals surface area contributed by atoms with Crippen LogP contribution in [0.5, 0.6) is 0 Å². The summed E-state index contributed by atoms with van der Waals surface area (Å²) in [6.45, 7) is 0.402. The van der Waals surface area contributed by atoms with Gasteiger partial charge in [0, 0.05) is 40.0 Å². The maximum absolute atomic E-state index is 10.7. The average molecular weight is 297 g/mol. The fourth-order valence-corrected chi connectivity index (χ4v) is 2.15. The molecule has 0 saturated heterocycles. The van der Waals surface area contributed by atoms with Gasteiger partial charge in [-0.2, -0.15) is 0 Å². The van der Waals surface area contributed by atoms with E-state index in [0.717, 1.165) is 5.56 Å². The first-order chi connectivity index (χ1) is 9.08. The summed E-state index contributed by atoms with van der Waals surface area (Å²) in [6, 6.07) is 11.5. The Bertz CT molecular complexity index is 597. The number of nitro groups is 1. The van der Waals surface area contributed by atoms with Crippen molar-refractivity contribution in [3.63, 3.8) is 0 Å². The van der Waals surface area contributed by atoms with E-state index < -0.39 is 4.92 Å². The van der Waals surface area contributed by atoms with E-state index in [2.05, 4.69) is 5.32 Å². The number of benzene rings is 2. The summed E-state index contributed by atoms with van der Waals surface area (Å²) in [5, 5.41) is 14.9. The molecule has 0 aliphatic heterocycles. The van der Waals surface area contributed by atoms with Crippen LogP contribution in [-0.4, -0.2) is 4.92 Å². The molecule has 0 bridgehead atoms. The fourth-order valence-electron chi connectivity index (χ4n) is 1.62. The molecular weight excluding hydrogens is 287 g/mol. The van der Waals surface area contributed by atoms with Crippen LogP contribution in [0.15, 0.2) is 42.5 Å². The molecule has 2 aromatic carbocycles. The lowest BCUT2D eigenvalue weighted by Gasteiger charge is -2.09. The van der Waals surface area contributed by atoms with Crippen LogP contribution in [-0.2, 0) is 6.54 Å². The van der Waals surface area contributed by atoms with Gasteiger partial charge < -0.3 is 5.32 Å². The lowest BCUT2D eigenvalue weighted by molar-refractivity contribution is -0.384. The summed E-state index contributed by atoms with van der Waals surface area (Å²) < 4.78 is 0. The van der Waals surface area contributed by atoms with Crippen LogP contribution in [0.4, 0.5) is 11.4 Å². The van der Waals surface area contributed by atoms with Gasteiger partial charge in [0.25, 0.3) is 5.69 Å². The minimum absolute atomic E-state index is 0.0373. The molecule has 0 aliphatic rings. The SMILES string of the molecule is O=[N+]([O-])c1cccc(NCc2c(Cl)cccc2Cl)c1.